The van der Waals surface area contributed by atoms with Gasteiger partial charge in [0.05, 0.1) is 5.82 Å². The number of allylic oxidation sites excluding steroid dienone is 2. The van der Waals surface area contributed by atoms with E-state index in [9.17, 15) is 45.3 Å². The number of dihydropyridines is 1. The van der Waals surface area contributed by atoms with Crippen LogP contribution < -0.4 is 47.1 Å². The predicted molar refractivity (Wildman–Crippen MR) is 244 cm³/mol. The number of nitrogens with two attached hydrogens (primary N) is 2. The van der Waals surface area contributed by atoms with E-state index in [4.69, 9.17) is 34.8 Å². The Bertz CT molecular complexity index is 2890. The lowest BCUT2D eigenvalue weighted by atomic mass is 9.59. The fourth-order valence-corrected chi connectivity index (χ4v) is 9.51. The van der Waals surface area contributed by atoms with Gasteiger partial charge in [0.2, 0.25) is 12.0 Å². The van der Waals surface area contributed by atoms with Crippen molar-refractivity contribution in [2.45, 2.75) is 68.2 Å². The van der Waals surface area contributed by atoms with E-state index in [1.165, 1.54) is 18.2 Å². The number of aryl methyl sites for hydroxylation is 1. The highest BCUT2D eigenvalue weighted by atomic mass is 16.7. The molecule has 5 heterocycles. The Kier molecular flexibility index (Phi) is 12.3. The smallest absolute Gasteiger partial charge is 0.336 e. The van der Waals surface area contributed by atoms with Crippen LogP contribution in [-0.4, -0.2) is 109 Å². The van der Waals surface area contributed by atoms with Crippen LogP contribution in [0.25, 0.3) is 22.3 Å². The Morgan fingerprint density at radius 1 is 1.01 bits per heavy atom. The molecular weight excluding hydrogens is 885 g/mol. The summed E-state index contributed by atoms with van der Waals surface area (Å²) in [4.78, 5) is 30.0. The van der Waals surface area contributed by atoms with Crippen LogP contribution in [0.4, 0.5) is 5.82 Å². The number of aromatic nitrogens is 1. The molecule has 0 amide bonds. The summed E-state index contributed by atoms with van der Waals surface area (Å²) in [5.41, 5.74) is 8.73. The first-order valence-electron chi connectivity index (χ1n) is 21.9. The second kappa shape index (κ2) is 18.2. The van der Waals surface area contributed by atoms with Crippen LogP contribution in [0.15, 0.2) is 111 Å². The van der Waals surface area contributed by atoms with Gasteiger partial charge in [-0.2, -0.15) is 0 Å². The third-order valence-electron chi connectivity index (χ3n) is 12.8. The number of aliphatic hydroxyl groups excluding tert-OH is 2. The average Bonchev–Trinajstić information content (AvgIpc) is 4.00. The van der Waals surface area contributed by atoms with Crippen LogP contribution in [0.2, 0.25) is 0 Å². The molecule has 1 aliphatic carbocycles. The Labute approximate surface area is 387 Å². The maximum absolute atomic E-state index is 13.9. The molecule has 0 spiro atoms. The number of nitrogens with one attached hydrogen (secondary N) is 4. The topological polar surface area (TPSA) is 330 Å². The number of fused-ring (bicyclic) bond motifs is 3. The standard InChI is InChI=1S/C48H52N6O14/c1-2-23-11-25(14-28(55)13-23)20-65-42-36(17-35-39(41(42)58)32(56)16-34(66-35)26-3-5-29(6-4-26)64-21-33(57)30-7-8-37(49)54-30)67-46-47(62)18-27(12-24-9-10-52-38(50)15-24)40(31-19-51-22-53-31)48(63,45(47)61)43(68-46)44(59)60/h3-9,11,13-18,31,33,40,43,45-46,51-55,57-58,61-63H,2,10,12,19-22,49-50H2,1H3,(H,59,60). The molecule has 3 aliphatic heterocycles. The van der Waals surface area contributed by atoms with Crippen molar-refractivity contribution >= 4 is 22.8 Å². The summed E-state index contributed by atoms with van der Waals surface area (Å²) < 4.78 is 30.5. The lowest BCUT2D eigenvalue weighted by molar-refractivity contribution is -0.344. The Morgan fingerprint density at radius 2 is 1.79 bits per heavy atom. The summed E-state index contributed by atoms with van der Waals surface area (Å²) in [7, 11) is 0. The van der Waals surface area contributed by atoms with E-state index in [0.29, 0.717) is 65.0 Å². The van der Waals surface area contributed by atoms with E-state index in [1.54, 1.807) is 54.6 Å². The van der Waals surface area contributed by atoms with Crippen molar-refractivity contribution in [3.8, 4) is 40.1 Å². The highest BCUT2D eigenvalue weighted by Crippen LogP contribution is 2.53. The van der Waals surface area contributed by atoms with Gasteiger partial charge in [0, 0.05) is 55.1 Å². The number of nitrogen functional groups attached to an aromatic ring is 1. The van der Waals surface area contributed by atoms with Crippen LogP contribution in [-0.2, 0) is 22.6 Å². The van der Waals surface area contributed by atoms with Crippen LogP contribution in [0.5, 0.6) is 28.7 Å². The largest absolute Gasteiger partial charge is 0.508 e. The molecule has 358 valence electrons. The third kappa shape index (κ3) is 8.58. The zero-order valence-corrected chi connectivity index (χ0v) is 36.6. The molecule has 8 unspecified atom stereocenters. The molecule has 2 bridgehead atoms. The normalized spacial score (nSPS) is 26.0. The quantitative estimate of drug-likeness (QED) is 0.0666. The molecule has 0 saturated carbocycles. The van der Waals surface area contributed by atoms with E-state index in [1.807, 2.05) is 13.0 Å². The minimum absolute atomic E-state index is 0.0450. The Hall–Kier alpha value is -7.04. The highest BCUT2D eigenvalue weighted by molar-refractivity contribution is 5.89. The molecule has 68 heavy (non-hydrogen) atoms. The van der Waals surface area contributed by atoms with Gasteiger partial charge >= 0.3 is 5.97 Å². The maximum atomic E-state index is 13.9. The summed E-state index contributed by atoms with van der Waals surface area (Å²) >= 11 is 0. The van der Waals surface area contributed by atoms with Crippen molar-refractivity contribution in [3.05, 3.63) is 129 Å². The van der Waals surface area contributed by atoms with Crippen molar-refractivity contribution in [2.75, 3.05) is 32.1 Å². The van der Waals surface area contributed by atoms with Crippen molar-refractivity contribution in [2.24, 2.45) is 11.7 Å². The average molecular weight is 937 g/mol. The van der Waals surface area contributed by atoms with E-state index < -0.39 is 76.4 Å². The second-order valence-corrected chi connectivity index (χ2v) is 17.3. The number of carbonyl (C=O) groups is 1. The monoisotopic (exact) mass is 936 g/mol. The van der Waals surface area contributed by atoms with Crippen molar-refractivity contribution in [3.63, 3.8) is 0 Å². The van der Waals surface area contributed by atoms with Crippen LogP contribution in [0.3, 0.4) is 0 Å². The molecule has 15 N–H and O–H groups in total. The lowest BCUT2D eigenvalue weighted by Crippen LogP contribution is -2.79. The zero-order valence-electron chi connectivity index (χ0n) is 36.6. The molecular formula is C48H52N6O14. The number of hydrogen-bond donors (Lipinski definition) is 13. The second-order valence-electron chi connectivity index (χ2n) is 17.3. The molecule has 20 heteroatoms. The van der Waals surface area contributed by atoms with E-state index >= 15 is 0 Å². The van der Waals surface area contributed by atoms with Gasteiger partial charge in [-0.3, -0.25) is 10.1 Å². The number of aliphatic hydroxyl groups is 4. The summed E-state index contributed by atoms with van der Waals surface area (Å²) in [6.07, 6.45) is -2.08. The van der Waals surface area contributed by atoms with Gasteiger partial charge in [-0.25, -0.2) is 4.79 Å². The molecule has 0 radical (unpaired) electrons. The van der Waals surface area contributed by atoms with Gasteiger partial charge in [0.15, 0.2) is 28.6 Å². The maximum Gasteiger partial charge on any atom is 0.336 e. The number of aromatic hydroxyl groups is 2. The number of hydrogen-bond acceptors (Lipinski definition) is 18. The van der Waals surface area contributed by atoms with Gasteiger partial charge in [-0.1, -0.05) is 24.6 Å². The molecule has 2 fully saturated rings. The Balaban J connectivity index is 1.12. The van der Waals surface area contributed by atoms with E-state index in [-0.39, 0.29) is 48.7 Å². The summed E-state index contributed by atoms with van der Waals surface area (Å²) in [5, 5.41) is 90.0. The summed E-state index contributed by atoms with van der Waals surface area (Å²) in [5.74, 6) is -3.29. The lowest BCUT2D eigenvalue weighted by Gasteiger charge is -2.58. The number of anilines is 1. The molecule has 9 rings (SSSR count). The number of aliphatic carboxylic acids is 1. The first kappa shape index (κ1) is 46.1. The first-order valence-corrected chi connectivity index (χ1v) is 21.9. The fraction of sp³-hybridized carbons (Fsp3) is 0.333. The molecule has 2 aromatic heterocycles. The number of carboxylic acids is 1. The number of ether oxygens (including phenoxy) is 4. The first-order chi connectivity index (χ1) is 32.5. The number of rotatable bonds is 15. The SMILES string of the molecule is CCc1cc(O)cc(COc2c(OC3OC(C(=O)O)C4(O)C(C5CNCN5)C(CC5=CCNC(N)=C5)=CC3(O)C4O)cc3oc(-c4ccc(OCC(O)c5ccc(N)[nH]5)cc4)cc(=O)c3c2O)c1. The van der Waals surface area contributed by atoms with Gasteiger partial charge in [0.25, 0.3) is 0 Å². The minimum atomic E-state index is -2.66. The van der Waals surface area contributed by atoms with Crippen molar-refractivity contribution < 1.29 is 63.9 Å². The molecule has 3 aromatic carbocycles. The van der Waals surface area contributed by atoms with E-state index in [2.05, 4.69) is 20.9 Å². The molecule has 2 saturated heterocycles. The van der Waals surface area contributed by atoms with Crippen LogP contribution in [0.1, 0.15) is 36.3 Å². The van der Waals surface area contributed by atoms with Crippen molar-refractivity contribution in [1.82, 2.24) is 20.9 Å². The highest BCUT2D eigenvalue weighted by Gasteiger charge is 2.71. The summed E-state index contributed by atoms with van der Waals surface area (Å²) in [6.45, 7) is 2.47. The minimum Gasteiger partial charge on any atom is -0.508 e. The number of benzene rings is 3. The number of H-pyrrole nitrogens is 1. The van der Waals surface area contributed by atoms with Crippen LogP contribution in [0, 0.1) is 5.92 Å². The number of aromatic amines is 1. The number of carboxylic acid groups (broad SMARTS) is 1. The fourth-order valence-electron chi connectivity index (χ4n) is 9.51. The molecule has 5 aromatic rings. The van der Waals surface area contributed by atoms with Gasteiger partial charge in [-0.05, 0) is 90.2 Å². The molecule has 4 aliphatic rings. The van der Waals surface area contributed by atoms with Crippen molar-refractivity contribution in [1.29, 1.82) is 0 Å². The van der Waals surface area contributed by atoms with Gasteiger partial charge in [-0.15, -0.1) is 0 Å². The van der Waals surface area contributed by atoms with Gasteiger partial charge < -0.3 is 86.2 Å². The van der Waals surface area contributed by atoms with E-state index in [0.717, 1.165) is 11.6 Å². The number of phenolic OH excluding ortho intramolecular Hbond substituents is 2. The predicted octanol–water partition coefficient (Wildman–Crippen LogP) is 1.84. The van der Waals surface area contributed by atoms with Crippen LogP contribution >= 0.6 is 0 Å². The molecule has 20 nitrogen and oxygen atoms in total. The Morgan fingerprint density at radius 3 is 2.49 bits per heavy atom. The summed E-state index contributed by atoms with van der Waals surface area (Å²) in [6, 6.07) is 16.2. The van der Waals surface area contributed by atoms with Gasteiger partial charge in [0.1, 0.15) is 65.1 Å². The zero-order chi connectivity index (χ0) is 48.1. The molecule has 8 atom stereocenters. The number of phenols is 2. The third-order valence-corrected chi connectivity index (χ3v) is 12.8.